The maximum absolute atomic E-state index is 4.17. The Balaban J connectivity index is 2.13. The Morgan fingerprint density at radius 3 is 2.88 bits per heavy atom. The molecule has 2 rings (SSSR count). The van der Waals surface area contributed by atoms with Gasteiger partial charge in [-0.1, -0.05) is 0 Å². The summed E-state index contributed by atoms with van der Waals surface area (Å²) in [4.78, 5) is 8.30. The molecule has 0 saturated heterocycles. The Morgan fingerprint density at radius 1 is 1.41 bits per heavy atom. The minimum Gasteiger partial charge on any atom is -0.360 e. The zero-order chi connectivity index (χ0) is 12.3. The molecular formula is C10H14N6S. The summed E-state index contributed by atoms with van der Waals surface area (Å²) in [5.74, 6) is 1.66. The third-order valence-electron chi connectivity index (χ3n) is 2.35. The molecule has 0 fully saturated rings. The SMILES string of the molecule is CSc1cc(NC(C)c2nncn2C)ncn1. The van der Waals surface area contributed by atoms with Crippen LogP contribution < -0.4 is 5.32 Å². The van der Waals surface area contributed by atoms with Crippen molar-refractivity contribution in [3.05, 3.63) is 24.5 Å². The number of aromatic nitrogens is 5. The molecule has 1 atom stereocenters. The van der Waals surface area contributed by atoms with Crippen molar-refractivity contribution in [2.45, 2.75) is 18.0 Å². The molecule has 2 heterocycles. The molecule has 2 aromatic rings. The van der Waals surface area contributed by atoms with Crippen molar-refractivity contribution < 1.29 is 0 Å². The smallest absolute Gasteiger partial charge is 0.154 e. The van der Waals surface area contributed by atoms with Gasteiger partial charge in [-0.05, 0) is 13.2 Å². The van der Waals surface area contributed by atoms with Crippen LogP contribution in [0.3, 0.4) is 0 Å². The second-order valence-electron chi connectivity index (χ2n) is 3.61. The maximum atomic E-state index is 4.17. The van der Waals surface area contributed by atoms with Crippen molar-refractivity contribution in [2.75, 3.05) is 11.6 Å². The lowest BCUT2D eigenvalue weighted by Gasteiger charge is -2.13. The van der Waals surface area contributed by atoms with Gasteiger partial charge >= 0.3 is 0 Å². The van der Waals surface area contributed by atoms with E-state index in [1.165, 1.54) is 0 Å². The van der Waals surface area contributed by atoms with Crippen LogP contribution in [0, 0.1) is 0 Å². The summed E-state index contributed by atoms with van der Waals surface area (Å²) >= 11 is 1.59. The van der Waals surface area contributed by atoms with Crippen LogP contribution in [0.25, 0.3) is 0 Å². The number of hydrogen-bond donors (Lipinski definition) is 1. The first-order chi connectivity index (χ1) is 8.20. The van der Waals surface area contributed by atoms with Gasteiger partial charge in [-0.15, -0.1) is 22.0 Å². The molecule has 0 aliphatic carbocycles. The van der Waals surface area contributed by atoms with E-state index in [9.17, 15) is 0 Å². The first-order valence-corrected chi connectivity index (χ1v) is 6.39. The van der Waals surface area contributed by atoms with Gasteiger partial charge in [0.25, 0.3) is 0 Å². The molecule has 90 valence electrons. The first-order valence-electron chi connectivity index (χ1n) is 5.17. The van der Waals surface area contributed by atoms with Gasteiger partial charge in [0.05, 0.1) is 6.04 Å². The summed E-state index contributed by atoms with van der Waals surface area (Å²) in [7, 11) is 1.92. The Hall–Kier alpha value is -1.63. The van der Waals surface area contributed by atoms with E-state index >= 15 is 0 Å². The maximum Gasteiger partial charge on any atom is 0.154 e. The van der Waals surface area contributed by atoms with E-state index in [-0.39, 0.29) is 6.04 Å². The fraction of sp³-hybridized carbons (Fsp3) is 0.400. The molecule has 1 unspecified atom stereocenters. The lowest BCUT2D eigenvalue weighted by Crippen LogP contribution is -2.12. The molecule has 0 aliphatic rings. The van der Waals surface area contributed by atoms with Crippen LogP contribution in [0.15, 0.2) is 23.7 Å². The van der Waals surface area contributed by atoms with E-state index in [1.807, 2.05) is 30.9 Å². The van der Waals surface area contributed by atoms with E-state index < -0.39 is 0 Å². The zero-order valence-electron chi connectivity index (χ0n) is 9.95. The predicted octanol–water partition coefficient (Wildman–Crippen LogP) is 1.50. The monoisotopic (exact) mass is 250 g/mol. The minimum absolute atomic E-state index is 0.0482. The highest BCUT2D eigenvalue weighted by molar-refractivity contribution is 7.98. The first kappa shape index (κ1) is 11.8. The van der Waals surface area contributed by atoms with Crippen molar-refractivity contribution in [1.82, 2.24) is 24.7 Å². The quantitative estimate of drug-likeness (QED) is 0.655. The molecule has 0 spiro atoms. The molecule has 2 aromatic heterocycles. The third kappa shape index (κ3) is 2.73. The molecular weight excluding hydrogens is 236 g/mol. The molecule has 7 heteroatoms. The molecule has 0 radical (unpaired) electrons. The van der Waals surface area contributed by atoms with Gasteiger partial charge in [0.2, 0.25) is 0 Å². The fourth-order valence-corrected chi connectivity index (χ4v) is 1.88. The average Bonchev–Trinajstić information content (AvgIpc) is 2.76. The van der Waals surface area contributed by atoms with E-state index in [1.54, 1.807) is 24.4 Å². The largest absolute Gasteiger partial charge is 0.360 e. The fourth-order valence-electron chi connectivity index (χ4n) is 1.50. The lowest BCUT2D eigenvalue weighted by atomic mass is 10.3. The minimum atomic E-state index is 0.0482. The highest BCUT2D eigenvalue weighted by atomic mass is 32.2. The Kier molecular flexibility index (Phi) is 3.58. The standard InChI is InChI=1S/C10H14N6S/c1-7(10-15-13-6-16(10)2)14-8-4-9(17-3)12-5-11-8/h4-7H,1-3H3,(H,11,12,14). The molecule has 0 amide bonds. The summed E-state index contributed by atoms with van der Waals surface area (Å²) in [5.41, 5.74) is 0. The van der Waals surface area contributed by atoms with Crippen molar-refractivity contribution >= 4 is 17.6 Å². The van der Waals surface area contributed by atoms with E-state index in [0.717, 1.165) is 16.7 Å². The van der Waals surface area contributed by atoms with Crippen LogP contribution in [0.4, 0.5) is 5.82 Å². The topological polar surface area (TPSA) is 68.5 Å². The van der Waals surface area contributed by atoms with Gasteiger partial charge < -0.3 is 9.88 Å². The molecule has 17 heavy (non-hydrogen) atoms. The Bertz CT molecular complexity index is 497. The summed E-state index contributed by atoms with van der Waals surface area (Å²) in [6, 6.07) is 1.96. The zero-order valence-corrected chi connectivity index (χ0v) is 10.8. The van der Waals surface area contributed by atoms with E-state index in [2.05, 4.69) is 25.5 Å². The number of thioether (sulfide) groups is 1. The highest BCUT2D eigenvalue weighted by Crippen LogP contribution is 2.18. The van der Waals surface area contributed by atoms with Crippen LogP contribution in [0.2, 0.25) is 0 Å². The van der Waals surface area contributed by atoms with Gasteiger partial charge in [0.15, 0.2) is 5.82 Å². The summed E-state index contributed by atoms with van der Waals surface area (Å²) < 4.78 is 1.88. The summed E-state index contributed by atoms with van der Waals surface area (Å²) in [6.07, 6.45) is 5.22. The van der Waals surface area contributed by atoms with Crippen LogP contribution in [-0.4, -0.2) is 31.0 Å². The Labute approximate surface area is 104 Å². The normalized spacial score (nSPS) is 12.4. The third-order valence-corrected chi connectivity index (χ3v) is 2.99. The van der Waals surface area contributed by atoms with Gasteiger partial charge in [-0.25, -0.2) is 9.97 Å². The molecule has 6 nitrogen and oxygen atoms in total. The van der Waals surface area contributed by atoms with Crippen molar-refractivity contribution in [2.24, 2.45) is 7.05 Å². The number of aryl methyl sites for hydroxylation is 1. The molecule has 1 N–H and O–H groups in total. The number of anilines is 1. The van der Waals surface area contributed by atoms with Crippen LogP contribution in [0.5, 0.6) is 0 Å². The van der Waals surface area contributed by atoms with Gasteiger partial charge in [-0.3, -0.25) is 0 Å². The number of hydrogen-bond acceptors (Lipinski definition) is 6. The average molecular weight is 250 g/mol. The van der Waals surface area contributed by atoms with Crippen molar-refractivity contribution in [1.29, 1.82) is 0 Å². The number of nitrogens with zero attached hydrogens (tertiary/aromatic N) is 5. The van der Waals surface area contributed by atoms with Crippen molar-refractivity contribution in [3.63, 3.8) is 0 Å². The number of nitrogens with one attached hydrogen (secondary N) is 1. The van der Waals surface area contributed by atoms with Crippen molar-refractivity contribution in [3.8, 4) is 0 Å². The molecule has 0 bridgehead atoms. The van der Waals surface area contributed by atoms with Crippen LogP contribution >= 0.6 is 11.8 Å². The summed E-state index contributed by atoms with van der Waals surface area (Å²) in [5, 5.41) is 12.1. The molecule has 0 aliphatic heterocycles. The highest BCUT2D eigenvalue weighted by Gasteiger charge is 2.11. The van der Waals surface area contributed by atoms with Gasteiger partial charge in [0, 0.05) is 13.1 Å². The van der Waals surface area contributed by atoms with Gasteiger partial charge in [0.1, 0.15) is 23.5 Å². The van der Waals surface area contributed by atoms with E-state index in [4.69, 9.17) is 0 Å². The van der Waals surface area contributed by atoms with Crippen LogP contribution in [-0.2, 0) is 7.05 Å². The van der Waals surface area contributed by atoms with Gasteiger partial charge in [-0.2, -0.15) is 0 Å². The number of rotatable bonds is 4. The second-order valence-corrected chi connectivity index (χ2v) is 4.44. The lowest BCUT2D eigenvalue weighted by molar-refractivity contribution is 0.715. The summed E-state index contributed by atoms with van der Waals surface area (Å²) in [6.45, 7) is 2.02. The predicted molar refractivity (Wildman–Crippen MR) is 66.9 cm³/mol. The second kappa shape index (κ2) is 5.13. The van der Waals surface area contributed by atoms with Crippen LogP contribution in [0.1, 0.15) is 18.8 Å². The molecule has 0 saturated carbocycles. The van der Waals surface area contributed by atoms with E-state index in [0.29, 0.717) is 0 Å². The molecule has 0 aromatic carbocycles. The Morgan fingerprint density at radius 2 is 2.24 bits per heavy atom.